The predicted octanol–water partition coefficient (Wildman–Crippen LogP) is 4.58. The number of aromatic nitrogens is 3. The van der Waals surface area contributed by atoms with Gasteiger partial charge in [-0.25, -0.2) is 9.97 Å². The lowest BCUT2D eigenvalue weighted by Crippen LogP contribution is -2.06. The molecule has 0 aliphatic heterocycles. The lowest BCUT2D eigenvalue weighted by molar-refractivity contribution is 0.866. The van der Waals surface area contributed by atoms with Crippen LogP contribution in [0, 0.1) is 6.92 Å². The van der Waals surface area contributed by atoms with Crippen LogP contribution in [0.3, 0.4) is 0 Å². The molecule has 1 N–H and O–H groups in total. The molecule has 3 aromatic rings. The van der Waals surface area contributed by atoms with Gasteiger partial charge in [-0.3, -0.25) is 4.98 Å². The van der Waals surface area contributed by atoms with Gasteiger partial charge < -0.3 is 5.32 Å². The van der Waals surface area contributed by atoms with E-state index in [0.29, 0.717) is 12.5 Å². The topological polar surface area (TPSA) is 50.7 Å². The van der Waals surface area contributed by atoms with Crippen molar-refractivity contribution in [3.8, 4) is 11.4 Å². The molecule has 0 aliphatic carbocycles. The minimum atomic E-state index is 0.427. The molecule has 1 aromatic carbocycles. The Hall–Kier alpha value is -2.75. The summed E-state index contributed by atoms with van der Waals surface area (Å²) in [5.74, 6) is 2.04. The van der Waals surface area contributed by atoms with Gasteiger partial charge in [0.05, 0.1) is 12.2 Å². The third-order valence-electron chi connectivity index (χ3n) is 3.96. The summed E-state index contributed by atoms with van der Waals surface area (Å²) in [6, 6.07) is 14.2. The van der Waals surface area contributed by atoms with Crippen LogP contribution in [0.15, 0.2) is 54.9 Å². The summed E-state index contributed by atoms with van der Waals surface area (Å²) in [6.07, 6.45) is 3.67. The molecule has 4 heteroatoms. The highest BCUT2D eigenvalue weighted by atomic mass is 15.0. The van der Waals surface area contributed by atoms with Crippen molar-refractivity contribution >= 4 is 5.82 Å². The highest BCUT2D eigenvalue weighted by molar-refractivity contribution is 5.63. The highest BCUT2D eigenvalue weighted by Gasteiger charge is 2.12. The fourth-order valence-electron chi connectivity index (χ4n) is 2.63. The van der Waals surface area contributed by atoms with E-state index in [1.807, 2.05) is 37.4 Å². The highest BCUT2D eigenvalue weighted by Crippen LogP contribution is 2.27. The van der Waals surface area contributed by atoms with Gasteiger partial charge >= 0.3 is 0 Å². The second kappa shape index (κ2) is 7.21. The van der Waals surface area contributed by atoms with Gasteiger partial charge in [0.2, 0.25) is 0 Å². The Bertz CT molecular complexity index is 813. The number of anilines is 1. The lowest BCUT2D eigenvalue weighted by atomic mass is 9.97. The summed E-state index contributed by atoms with van der Waals surface area (Å²) in [6.45, 7) is 7.03. The van der Waals surface area contributed by atoms with E-state index < -0.39 is 0 Å². The van der Waals surface area contributed by atoms with Crippen LogP contribution in [0.1, 0.15) is 36.6 Å². The van der Waals surface area contributed by atoms with E-state index in [9.17, 15) is 0 Å². The molecule has 0 unspecified atom stereocenters. The molecule has 0 radical (unpaired) electrons. The van der Waals surface area contributed by atoms with Crippen molar-refractivity contribution in [3.63, 3.8) is 0 Å². The maximum absolute atomic E-state index is 4.75. The van der Waals surface area contributed by atoms with Crippen LogP contribution >= 0.6 is 0 Å². The maximum atomic E-state index is 4.75. The third kappa shape index (κ3) is 3.59. The minimum Gasteiger partial charge on any atom is -0.364 e. The van der Waals surface area contributed by atoms with Gasteiger partial charge in [-0.15, -0.1) is 0 Å². The second-order valence-electron chi connectivity index (χ2n) is 6.14. The molecule has 2 aromatic heterocycles. The van der Waals surface area contributed by atoms with E-state index in [2.05, 4.69) is 47.3 Å². The van der Waals surface area contributed by atoms with Crippen molar-refractivity contribution in [2.24, 2.45) is 0 Å². The Morgan fingerprint density at radius 3 is 2.54 bits per heavy atom. The number of nitrogens with one attached hydrogen (secondary N) is 1. The van der Waals surface area contributed by atoms with Crippen LogP contribution in [-0.4, -0.2) is 15.0 Å². The Labute approximate surface area is 143 Å². The monoisotopic (exact) mass is 318 g/mol. The van der Waals surface area contributed by atoms with Crippen LogP contribution in [0.2, 0.25) is 0 Å². The van der Waals surface area contributed by atoms with Gasteiger partial charge in [0, 0.05) is 23.5 Å². The van der Waals surface area contributed by atoms with Crippen molar-refractivity contribution < 1.29 is 0 Å². The first-order chi connectivity index (χ1) is 11.6. The van der Waals surface area contributed by atoms with E-state index in [1.165, 1.54) is 5.56 Å². The standard InChI is InChI=1S/C20H22N4/c1-14(2)17-9-4-5-10-18(17)20-22-12-15(3)19(24-20)23-13-16-8-6-7-11-21-16/h4-12,14H,13H2,1-3H3,(H,22,23,24). The molecule has 0 spiro atoms. The zero-order valence-corrected chi connectivity index (χ0v) is 14.3. The average Bonchev–Trinajstić information content (AvgIpc) is 2.62. The van der Waals surface area contributed by atoms with Crippen molar-refractivity contribution in [2.45, 2.75) is 33.2 Å². The van der Waals surface area contributed by atoms with E-state index in [1.54, 1.807) is 6.20 Å². The normalized spacial score (nSPS) is 10.8. The van der Waals surface area contributed by atoms with E-state index in [-0.39, 0.29) is 0 Å². The first-order valence-electron chi connectivity index (χ1n) is 8.22. The van der Waals surface area contributed by atoms with Gasteiger partial charge in [0.25, 0.3) is 0 Å². The van der Waals surface area contributed by atoms with Crippen molar-refractivity contribution in [2.75, 3.05) is 5.32 Å². The number of hydrogen-bond acceptors (Lipinski definition) is 4. The summed E-state index contributed by atoms with van der Waals surface area (Å²) >= 11 is 0. The Balaban J connectivity index is 1.89. The Morgan fingerprint density at radius 1 is 1.00 bits per heavy atom. The first kappa shape index (κ1) is 16.1. The summed E-state index contributed by atoms with van der Waals surface area (Å²) in [7, 11) is 0. The molecule has 0 fully saturated rings. The van der Waals surface area contributed by atoms with Crippen LogP contribution in [0.25, 0.3) is 11.4 Å². The maximum Gasteiger partial charge on any atom is 0.161 e. The Morgan fingerprint density at radius 2 is 1.79 bits per heavy atom. The molecular weight excluding hydrogens is 296 g/mol. The summed E-state index contributed by atoms with van der Waals surface area (Å²) in [4.78, 5) is 13.6. The molecule has 3 rings (SSSR count). The molecule has 24 heavy (non-hydrogen) atoms. The summed E-state index contributed by atoms with van der Waals surface area (Å²) in [5, 5.41) is 3.37. The van der Waals surface area contributed by atoms with Crippen molar-refractivity contribution in [1.29, 1.82) is 0 Å². The smallest absolute Gasteiger partial charge is 0.161 e. The zero-order valence-electron chi connectivity index (χ0n) is 14.3. The van der Waals surface area contributed by atoms with Crippen LogP contribution < -0.4 is 5.32 Å². The van der Waals surface area contributed by atoms with E-state index in [4.69, 9.17) is 4.98 Å². The van der Waals surface area contributed by atoms with Crippen molar-refractivity contribution in [1.82, 2.24) is 15.0 Å². The van der Waals surface area contributed by atoms with Crippen LogP contribution in [-0.2, 0) is 6.54 Å². The zero-order chi connectivity index (χ0) is 16.9. The van der Waals surface area contributed by atoms with Crippen molar-refractivity contribution in [3.05, 3.63) is 71.7 Å². The number of aryl methyl sites for hydroxylation is 1. The number of benzene rings is 1. The molecule has 0 atom stereocenters. The van der Waals surface area contributed by atoms with E-state index >= 15 is 0 Å². The van der Waals surface area contributed by atoms with Gasteiger partial charge in [-0.1, -0.05) is 44.2 Å². The fraction of sp³-hybridized carbons (Fsp3) is 0.250. The molecule has 4 nitrogen and oxygen atoms in total. The van der Waals surface area contributed by atoms with Crippen LogP contribution in [0.4, 0.5) is 5.82 Å². The van der Waals surface area contributed by atoms with Crippen LogP contribution in [0.5, 0.6) is 0 Å². The molecule has 122 valence electrons. The number of nitrogens with zero attached hydrogens (tertiary/aromatic N) is 3. The molecule has 0 aliphatic rings. The van der Waals surface area contributed by atoms with Gasteiger partial charge in [0.1, 0.15) is 5.82 Å². The lowest BCUT2D eigenvalue weighted by Gasteiger charge is -2.14. The Kier molecular flexibility index (Phi) is 4.85. The second-order valence-corrected chi connectivity index (χ2v) is 6.14. The SMILES string of the molecule is Cc1cnc(-c2ccccc2C(C)C)nc1NCc1ccccn1. The summed E-state index contributed by atoms with van der Waals surface area (Å²) in [5.41, 5.74) is 4.36. The molecular formula is C20H22N4. The number of rotatable bonds is 5. The predicted molar refractivity (Wildman–Crippen MR) is 97.9 cm³/mol. The average molecular weight is 318 g/mol. The van der Waals surface area contributed by atoms with Gasteiger partial charge in [-0.2, -0.15) is 0 Å². The van der Waals surface area contributed by atoms with Gasteiger partial charge in [-0.05, 0) is 30.5 Å². The summed E-state index contributed by atoms with van der Waals surface area (Å²) < 4.78 is 0. The number of hydrogen-bond donors (Lipinski definition) is 1. The third-order valence-corrected chi connectivity index (χ3v) is 3.96. The molecule has 0 saturated heterocycles. The fourth-order valence-corrected chi connectivity index (χ4v) is 2.63. The molecule has 0 saturated carbocycles. The minimum absolute atomic E-state index is 0.427. The van der Waals surface area contributed by atoms with E-state index in [0.717, 1.165) is 28.5 Å². The van der Waals surface area contributed by atoms with Gasteiger partial charge in [0.15, 0.2) is 5.82 Å². The number of pyridine rings is 1. The quantitative estimate of drug-likeness (QED) is 0.748. The molecule has 2 heterocycles. The molecule has 0 bridgehead atoms. The molecule has 0 amide bonds. The first-order valence-corrected chi connectivity index (χ1v) is 8.22. The largest absolute Gasteiger partial charge is 0.364 e.